The van der Waals surface area contributed by atoms with Gasteiger partial charge in [-0.25, -0.2) is 0 Å². The summed E-state index contributed by atoms with van der Waals surface area (Å²) in [6.07, 6.45) is 11.1. The molecule has 0 aromatic carbocycles. The van der Waals surface area contributed by atoms with Crippen LogP contribution in [0.3, 0.4) is 0 Å². The van der Waals surface area contributed by atoms with E-state index in [4.69, 9.17) is 0 Å². The molecule has 1 aliphatic carbocycles. The molecule has 1 saturated heterocycles. The number of piperidine rings is 1. The molecule has 1 aliphatic heterocycles. The van der Waals surface area contributed by atoms with Gasteiger partial charge in [0.1, 0.15) is 0 Å². The predicted molar refractivity (Wildman–Crippen MR) is 87.4 cm³/mol. The molecule has 2 heterocycles. The second kappa shape index (κ2) is 7.58. The maximum Gasteiger partial charge on any atom is 0.0110 e. The molecule has 0 radical (unpaired) electrons. The molecule has 0 bridgehead atoms. The van der Waals surface area contributed by atoms with Crippen LogP contribution in [0.15, 0.2) is 17.5 Å². The third-order valence-electron chi connectivity index (χ3n) is 5.04. The monoisotopic (exact) mass is 292 g/mol. The van der Waals surface area contributed by atoms with Crippen molar-refractivity contribution < 1.29 is 0 Å². The van der Waals surface area contributed by atoms with Gasteiger partial charge in [0.15, 0.2) is 0 Å². The Kier molecular flexibility index (Phi) is 5.51. The Morgan fingerprint density at radius 2 is 2.05 bits per heavy atom. The van der Waals surface area contributed by atoms with Crippen LogP contribution in [-0.4, -0.2) is 25.2 Å². The zero-order chi connectivity index (χ0) is 13.6. The maximum absolute atomic E-state index is 3.87. The zero-order valence-electron chi connectivity index (χ0n) is 12.4. The SMILES string of the molecule is c1csc(CCNC2CCCCC2C2CCCCN2)c1. The number of rotatable bonds is 5. The van der Waals surface area contributed by atoms with Crippen molar-refractivity contribution in [1.82, 2.24) is 10.6 Å². The van der Waals surface area contributed by atoms with Gasteiger partial charge in [0.2, 0.25) is 0 Å². The Morgan fingerprint density at radius 1 is 1.15 bits per heavy atom. The van der Waals surface area contributed by atoms with Gasteiger partial charge in [0, 0.05) is 23.5 Å². The topological polar surface area (TPSA) is 24.1 Å². The van der Waals surface area contributed by atoms with Gasteiger partial charge in [-0.05, 0) is 56.0 Å². The van der Waals surface area contributed by atoms with E-state index in [9.17, 15) is 0 Å². The molecule has 2 N–H and O–H groups in total. The summed E-state index contributed by atoms with van der Waals surface area (Å²) in [6.45, 7) is 2.39. The van der Waals surface area contributed by atoms with Crippen LogP contribution in [0.2, 0.25) is 0 Å². The van der Waals surface area contributed by atoms with Gasteiger partial charge in [0.25, 0.3) is 0 Å². The maximum atomic E-state index is 3.87. The Balaban J connectivity index is 1.49. The fourth-order valence-corrected chi connectivity index (χ4v) is 4.68. The average Bonchev–Trinajstić information content (AvgIpc) is 3.02. The van der Waals surface area contributed by atoms with Crippen molar-refractivity contribution in [3.05, 3.63) is 22.4 Å². The van der Waals surface area contributed by atoms with Gasteiger partial charge in [-0.15, -0.1) is 11.3 Å². The molecule has 2 nitrogen and oxygen atoms in total. The molecule has 1 aromatic rings. The van der Waals surface area contributed by atoms with Crippen molar-refractivity contribution in [1.29, 1.82) is 0 Å². The lowest BCUT2D eigenvalue weighted by atomic mass is 9.77. The van der Waals surface area contributed by atoms with Crippen molar-refractivity contribution in [3.63, 3.8) is 0 Å². The summed E-state index contributed by atoms with van der Waals surface area (Å²) in [5, 5.41) is 9.84. The van der Waals surface area contributed by atoms with Crippen LogP contribution < -0.4 is 10.6 Å². The van der Waals surface area contributed by atoms with Crippen LogP contribution in [0.1, 0.15) is 49.8 Å². The highest BCUT2D eigenvalue weighted by atomic mass is 32.1. The summed E-state index contributed by atoms with van der Waals surface area (Å²) in [6, 6.07) is 5.95. The van der Waals surface area contributed by atoms with Gasteiger partial charge in [-0.2, -0.15) is 0 Å². The smallest absolute Gasteiger partial charge is 0.0110 e. The largest absolute Gasteiger partial charge is 0.314 e. The minimum Gasteiger partial charge on any atom is -0.314 e. The Labute approximate surface area is 127 Å². The highest BCUT2D eigenvalue weighted by molar-refractivity contribution is 7.09. The van der Waals surface area contributed by atoms with Crippen molar-refractivity contribution in [2.45, 2.75) is 63.5 Å². The quantitative estimate of drug-likeness (QED) is 0.867. The normalized spacial score (nSPS) is 31.3. The van der Waals surface area contributed by atoms with Crippen molar-refractivity contribution >= 4 is 11.3 Å². The predicted octanol–water partition coefficient (Wildman–Crippen LogP) is 3.58. The van der Waals surface area contributed by atoms with E-state index in [1.165, 1.54) is 62.8 Å². The molecule has 20 heavy (non-hydrogen) atoms. The lowest BCUT2D eigenvalue weighted by molar-refractivity contribution is 0.183. The molecule has 2 aliphatic rings. The Morgan fingerprint density at radius 3 is 2.85 bits per heavy atom. The fraction of sp³-hybridized carbons (Fsp3) is 0.765. The van der Waals surface area contributed by atoms with Crippen LogP contribution in [0.25, 0.3) is 0 Å². The fourth-order valence-electron chi connectivity index (χ4n) is 3.97. The molecule has 2 fully saturated rings. The van der Waals surface area contributed by atoms with Crippen LogP contribution in [0.5, 0.6) is 0 Å². The Bertz CT molecular complexity index is 370. The first-order valence-corrected chi connectivity index (χ1v) is 9.30. The van der Waals surface area contributed by atoms with Crippen LogP contribution in [0, 0.1) is 5.92 Å². The molecule has 3 unspecified atom stereocenters. The molecule has 1 aromatic heterocycles. The molecule has 3 atom stereocenters. The Hall–Kier alpha value is -0.380. The summed E-state index contributed by atoms with van der Waals surface area (Å²) in [4.78, 5) is 1.51. The zero-order valence-corrected chi connectivity index (χ0v) is 13.3. The summed E-state index contributed by atoms with van der Waals surface area (Å²) in [5.74, 6) is 0.868. The molecule has 0 spiro atoms. The third kappa shape index (κ3) is 3.84. The van der Waals surface area contributed by atoms with E-state index in [0.717, 1.165) is 24.5 Å². The summed E-state index contributed by atoms with van der Waals surface area (Å²) in [5.41, 5.74) is 0. The van der Waals surface area contributed by atoms with Gasteiger partial charge < -0.3 is 10.6 Å². The summed E-state index contributed by atoms with van der Waals surface area (Å²) < 4.78 is 0. The standard InChI is InChI=1S/C17H28N2S/c1-2-8-17(19-12-10-14-6-5-13-20-14)15(7-1)16-9-3-4-11-18-16/h5-6,13,15-19H,1-4,7-12H2. The van der Waals surface area contributed by atoms with E-state index in [-0.39, 0.29) is 0 Å². The molecular formula is C17H28N2S. The van der Waals surface area contributed by atoms with Crippen molar-refractivity contribution in [3.8, 4) is 0 Å². The number of hydrogen-bond donors (Lipinski definition) is 2. The lowest BCUT2D eigenvalue weighted by Gasteiger charge is -2.40. The molecule has 3 rings (SSSR count). The van der Waals surface area contributed by atoms with Crippen molar-refractivity contribution in [2.75, 3.05) is 13.1 Å². The first-order chi connectivity index (χ1) is 9.93. The molecule has 112 valence electrons. The second-order valence-electron chi connectivity index (χ2n) is 6.39. The number of nitrogens with one attached hydrogen (secondary N) is 2. The van der Waals surface area contributed by atoms with Gasteiger partial charge in [0.05, 0.1) is 0 Å². The summed E-state index contributed by atoms with van der Waals surface area (Å²) in [7, 11) is 0. The lowest BCUT2D eigenvalue weighted by Crippen LogP contribution is -2.50. The molecule has 1 saturated carbocycles. The van der Waals surface area contributed by atoms with Gasteiger partial charge in [-0.3, -0.25) is 0 Å². The second-order valence-corrected chi connectivity index (χ2v) is 7.43. The summed E-state index contributed by atoms with van der Waals surface area (Å²) >= 11 is 1.89. The van der Waals surface area contributed by atoms with E-state index in [0.29, 0.717) is 0 Å². The first-order valence-electron chi connectivity index (χ1n) is 8.42. The van der Waals surface area contributed by atoms with E-state index in [1.807, 2.05) is 11.3 Å². The van der Waals surface area contributed by atoms with Gasteiger partial charge in [-0.1, -0.05) is 25.3 Å². The van der Waals surface area contributed by atoms with Crippen LogP contribution in [-0.2, 0) is 6.42 Å². The van der Waals surface area contributed by atoms with Crippen LogP contribution >= 0.6 is 11.3 Å². The van der Waals surface area contributed by atoms with Crippen LogP contribution in [0.4, 0.5) is 0 Å². The van der Waals surface area contributed by atoms with E-state index >= 15 is 0 Å². The van der Waals surface area contributed by atoms with Crippen molar-refractivity contribution in [2.24, 2.45) is 5.92 Å². The van der Waals surface area contributed by atoms with E-state index in [1.54, 1.807) is 0 Å². The number of thiophene rings is 1. The highest BCUT2D eigenvalue weighted by Gasteiger charge is 2.31. The highest BCUT2D eigenvalue weighted by Crippen LogP contribution is 2.30. The van der Waals surface area contributed by atoms with E-state index < -0.39 is 0 Å². The van der Waals surface area contributed by atoms with E-state index in [2.05, 4.69) is 28.1 Å². The average molecular weight is 292 g/mol. The van der Waals surface area contributed by atoms with Gasteiger partial charge >= 0.3 is 0 Å². The number of hydrogen-bond acceptors (Lipinski definition) is 3. The minimum atomic E-state index is 0.749. The first kappa shape index (κ1) is 14.6. The molecule has 0 amide bonds. The molecular weight excluding hydrogens is 264 g/mol. The third-order valence-corrected chi connectivity index (χ3v) is 5.98. The minimum absolute atomic E-state index is 0.749. The molecule has 3 heteroatoms.